The van der Waals surface area contributed by atoms with Crippen LogP contribution < -0.4 is 5.32 Å². The fourth-order valence-electron chi connectivity index (χ4n) is 1.34. The van der Waals surface area contributed by atoms with Gasteiger partial charge in [-0.3, -0.25) is 0 Å². The second kappa shape index (κ2) is 4.13. The smallest absolute Gasteiger partial charge is 0.0345 e. The molecule has 13 heavy (non-hydrogen) atoms. The summed E-state index contributed by atoms with van der Waals surface area (Å²) in [5.74, 6) is 0. The average molecular weight is 175 g/mol. The number of nitrogens with one attached hydrogen (secondary N) is 1. The summed E-state index contributed by atoms with van der Waals surface area (Å²) >= 11 is 0. The highest BCUT2D eigenvalue weighted by Gasteiger charge is 2.01. The minimum Gasteiger partial charge on any atom is -0.383 e. The molecule has 0 fully saturated rings. The molecule has 0 aliphatic carbocycles. The fraction of sp³-hybridized carbons (Fsp3) is 0.333. The van der Waals surface area contributed by atoms with E-state index in [0.29, 0.717) is 6.04 Å². The molecule has 1 nitrogen and oxygen atoms in total. The van der Waals surface area contributed by atoms with Gasteiger partial charge in [-0.25, -0.2) is 0 Å². The predicted octanol–water partition coefficient (Wildman–Crippen LogP) is 2.96. The van der Waals surface area contributed by atoms with E-state index in [1.165, 1.54) is 11.1 Å². The molecule has 0 aliphatic heterocycles. The van der Waals surface area contributed by atoms with E-state index in [1.807, 2.05) is 12.1 Å². The molecular formula is C12H17N. The fourth-order valence-corrected chi connectivity index (χ4v) is 1.34. The van der Waals surface area contributed by atoms with Crippen LogP contribution in [0, 0.1) is 6.92 Å². The lowest BCUT2D eigenvalue weighted by Gasteiger charge is -2.14. The van der Waals surface area contributed by atoms with Gasteiger partial charge in [0, 0.05) is 11.7 Å². The maximum absolute atomic E-state index is 4.01. The average Bonchev–Trinajstić information content (AvgIpc) is 2.03. The predicted molar refractivity (Wildman–Crippen MR) is 58.5 cm³/mol. The van der Waals surface area contributed by atoms with E-state index in [1.54, 1.807) is 0 Å². The highest BCUT2D eigenvalue weighted by molar-refractivity contribution is 5.64. The Bertz CT molecular complexity index is 300. The van der Waals surface area contributed by atoms with Crippen LogP contribution in [-0.2, 0) is 0 Å². The van der Waals surface area contributed by atoms with E-state index < -0.39 is 0 Å². The third-order valence-electron chi connectivity index (χ3n) is 1.93. The molecule has 0 spiro atoms. The number of rotatable bonds is 3. The Morgan fingerprint density at radius 2 is 1.92 bits per heavy atom. The van der Waals surface area contributed by atoms with Gasteiger partial charge in [0.1, 0.15) is 0 Å². The third-order valence-corrected chi connectivity index (χ3v) is 1.93. The van der Waals surface area contributed by atoms with Gasteiger partial charge in [0.25, 0.3) is 0 Å². The molecule has 0 saturated carbocycles. The molecule has 70 valence electrons. The summed E-state index contributed by atoms with van der Waals surface area (Å²) in [6.07, 6.45) is 0. The zero-order valence-electron chi connectivity index (χ0n) is 8.59. The maximum Gasteiger partial charge on any atom is 0.0345 e. The van der Waals surface area contributed by atoms with E-state index in [9.17, 15) is 0 Å². The minimum absolute atomic E-state index is 0.437. The largest absolute Gasteiger partial charge is 0.383 e. The number of benzene rings is 1. The quantitative estimate of drug-likeness (QED) is 0.744. The van der Waals surface area contributed by atoms with Crippen LogP contribution in [0.1, 0.15) is 25.0 Å². The Hall–Kier alpha value is -1.24. The summed E-state index contributed by atoms with van der Waals surface area (Å²) in [6.45, 7) is 10.3. The molecule has 1 aromatic rings. The monoisotopic (exact) mass is 175 g/mol. The van der Waals surface area contributed by atoms with E-state index in [2.05, 4.69) is 44.8 Å². The van der Waals surface area contributed by atoms with Crippen molar-refractivity contribution in [3.63, 3.8) is 0 Å². The van der Waals surface area contributed by atoms with Crippen molar-refractivity contribution in [2.75, 3.05) is 0 Å². The first-order chi connectivity index (χ1) is 6.11. The normalized spacial score (nSPS) is 10.2. The van der Waals surface area contributed by atoms with Crippen molar-refractivity contribution < 1.29 is 0 Å². The van der Waals surface area contributed by atoms with E-state index in [-0.39, 0.29) is 0 Å². The molecular weight excluding hydrogens is 158 g/mol. The lowest BCUT2D eigenvalue weighted by atomic mass is 10.1. The van der Waals surface area contributed by atoms with Crippen LogP contribution in [0.5, 0.6) is 0 Å². The molecule has 1 aromatic carbocycles. The van der Waals surface area contributed by atoms with Crippen LogP contribution in [0.15, 0.2) is 30.8 Å². The molecule has 0 atom stereocenters. The summed E-state index contributed by atoms with van der Waals surface area (Å²) < 4.78 is 0. The molecule has 0 aromatic heterocycles. The van der Waals surface area contributed by atoms with Gasteiger partial charge in [-0.15, -0.1) is 0 Å². The highest BCUT2D eigenvalue weighted by atomic mass is 14.9. The van der Waals surface area contributed by atoms with E-state index in [4.69, 9.17) is 0 Å². The van der Waals surface area contributed by atoms with Gasteiger partial charge in [0.05, 0.1) is 0 Å². The Kier molecular flexibility index (Phi) is 3.13. The molecule has 1 heteroatoms. The van der Waals surface area contributed by atoms with Gasteiger partial charge < -0.3 is 5.32 Å². The lowest BCUT2D eigenvalue weighted by molar-refractivity contribution is 0.718. The van der Waals surface area contributed by atoms with Gasteiger partial charge in [-0.05, 0) is 31.9 Å². The molecule has 0 unspecified atom stereocenters. The van der Waals surface area contributed by atoms with Crippen LogP contribution >= 0.6 is 0 Å². The van der Waals surface area contributed by atoms with Crippen molar-refractivity contribution in [2.45, 2.75) is 26.8 Å². The highest BCUT2D eigenvalue weighted by Crippen LogP contribution is 2.14. The Morgan fingerprint density at radius 1 is 1.31 bits per heavy atom. The zero-order chi connectivity index (χ0) is 9.84. The molecule has 0 radical (unpaired) electrons. The van der Waals surface area contributed by atoms with Gasteiger partial charge in [0.2, 0.25) is 0 Å². The third kappa shape index (κ3) is 2.62. The van der Waals surface area contributed by atoms with E-state index >= 15 is 0 Å². The topological polar surface area (TPSA) is 12.0 Å². The van der Waals surface area contributed by atoms with Crippen LogP contribution in [0.2, 0.25) is 0 Å². The molecule has 1 rings (SSSR count). The number of aryl methyl sites for hydroxylation is 1. The van der Waals surface area contributed by atoms with Gasteiger partial charge >= 0.3 is 0 Å². The first-order valence-electron chi connectivity index (χ1n) is 4.62. The van der Waals surface area contributed by atoms with Gasteiger partial charge in [0.15, 0.2) is 0 Å². The maximum atomic E-state index is 4.01. The molecule has 0 saturated heterocycles. The molecule has 0 aliphatic rings. The Morgan fingerprint density at radius 3 is 2.46 bits per heavy atom. The van der Waals surface area contributed by atoms with E-state index in [0.717, 1.165) is 5.70 Å². The number of hydrogen-bond donors (Lipinski definition) is 1. The summed E-state index contributed by atoms with van der Waals surface area (Å²) in [6, 6.07) is 8.71. The van der Waals surface area contributed by atoms with Gasteiger partial charge in [-0.1, -0.05) is 30.8 Å². The van der Waals surface area contributed by atoms with Crippen molar-refractivity contribution in [1.82, 2.24) is 5.32 Å². The molecule has 0 heterocycles. The number of hydrogen-bond acceptors (Lipinski definition) is 1. The van der Waals surface area contributed by atoms with Crippen molar-refractivity contribution in [1.29, 1.82) is 0 Å². The first-order valence-corrected chi connectivity index (χ1v) is 4.62. The van der Waals surface area contributed by atoms with Crippen LogP contribution in [0.3, 0.4) is 0 Å². The zero-order valence-corrected chi connectivity index (χ0v) is 8.59. The standard InChI is InChI=1S/C12H17N/c1-9(2)13-11(4)12-8-6-5-7-10(12)3/h5-9,13H,4H2,1-3H3. The summed E-state index contributed by atoms with van der Waals surface area (Å²) in [5, 5.41) is 3.31. The summed E-state index contributed by atoms with van der Waals surface area (Å²) in [4.78, 5) is 0. The van der Waals surface area contributed by atoms with Crippen LogP contribution in [0.25, 0.3) is 5.70 Å². The molecule has 0 amide bonds. The second-order valence-electron chi connectivity index (χ2n) is 3.59. The molecule has 0 bridgehead atoms. The SMILES string of the molecule is C=C(NC(C)C)c1ccccc1C. The summed E-state index contributed by atoms with van der Waals surface area (Å²) in [7, 11) is 0. The minimum atomic E-state index is 0.437. The Labute approximate surface area is 80.5 Å². The van der Waals surface area contributed by atoms with Crippen LogP contribution in [0.4, 0.5) is 0 Å². The van der Waals surface area contributed by atoms with Crippen molar-refractivity contribution in [3.8, 4) is 0 Å². The lowest BCUT2D eigenvalue weighted by Crippen LogP contribution is -2.20. The second-order valence-corrected chi connectivity index (χ2v) is 3.59. The Balaban J connectivity index is 2.83. The molecule has 1 N–H and O–H groups in total. The first kappa shape index (κ1) is 9.85. The van der Waals surface area contributed by atoms with Crippen LogP contribution in [-0.4, -0.2) is 6.04 Å². The summed E-state index contributed by atoms with van der Waals surface area (Å²) in [5.41, 5.74) is 3.48. The van der Waals surface area contributed by atoms with Crippen molar-refractivity contribution in [2.24, 2.45) is 0 Å². The van der Waals surface area contributed by atoms with Crippen molar-refractivity contribution >= 4 is 5.70 Å². The van der Waals surface area contributed by atoms with Crippen molar-refractivity contribution in [3.05, 3.63) is 42.0 Å². The van der Waals surface area contributed by atoms with Gasteiger partial charge in [-0.2, -0.15) is 0 Å².